The Hall–Kier alpha value is -2.04. The summed E-state index contributed by atoms with van der Waals surface area (Å²) < 4.78 is 4.90. The van der Waals surface area contributed by atoms with Crippen LogP contribution < -0.4 is 10.2 Å². The molecule has 1 amide bonds. The fraction of sp³-hybridized carbons (Fsp3) is 0.529. The van der Waals surface area contributed by atoms with Gasteiger partial charge < -0.3 is 15.0 Å². The second-order valence-corrected chi connectivity index (χ2v) is 5.91. The van der Waals surface area contributed by atoms with Gasteiger partial charge in [0.1, 0.15) is 0 Å². The number of nitrogens with one attached hydrogen (secondary N) is 1. The van der Waals surface area contributed by atoms with Gasteiger partial charge in [-0.25, -0.2) is 0 Å². The van der Waals surface area contributed by atoms with Gasteiger partial charge in [-0.1, -0.05) is 13.8 Å². The second kappa shape index (κ2) is 7.82. The summed E-state index contributed by atoms with van der Waals surface area (Å²) in [6.45, 7) is 5.41. The van der Waals surface area contributed by atoms with Crippen LogP contribution in [0.15, 0.2) is 24.3 Å². The first-order chi connectivity index (χ1) is 10.6. The van der Waals surface area contributed by atoms with Crippen molar-refractivity contribution in [2.24, 2.45) is 5.92 Å². The van der Waals surface area contributed by atoms with Crippen LogP contribution in [0.2, 0.25) is 0 Å². The first kappa shape index (κ1) is 16.3. The van der Waals surface area contributed by atoms with Gasteiger partial charge >= 0.3 is 5.97 Å². The van der Waals surface area contributed by atoms with Crippen LogP contribution in [-0.4, -0.2) is 31.6 Å². The Morgan fingerprint density at radius 1 is 1.14 bits per heavy atom. The van der Waals surface area contributed by atoms with Crippen molar-refractivity contribution in [3.05, 3.63) is 24.3 Å². The van der Waals surface area contributed by atoms with E-state index in [0.717, 1.165) is 13.1 Å². The highest BCUT2D eigenvalue weighted by atomic mass is 16.5. The number of benzene rings is 1. The molecule has 1 aliphatic rings. The van der Waals surface area contributed by atoms with Crippen molar-refractivity contribution in [2.75, 3.05) is 29.9 Å². The topological polar surface area (TPSA) is 58.6 Å². The summed E-state index contributed by atoms with van der Waals surface area (Å²) in [6, 6.07) is 7.79. The summed E-state index contributed by atoms with van der Waals surface area (Å²) >= 11 is 0. The summed E-state index contributed by atoms with van der Waals surface area (Å²) in [4.78, 5) is 25.4. The first-order valence-electron chi connectivity index (χ1n) is 7.88. The van der Waals surface area contributed by atoms with E-state index in [1.165, 1.54) is 24.9 Å². The molecule has 1 heterocycles. The zero-order valence-electron chi connectivity index (χ0n) is 13.3. The lowest BCUT2D eigenvalue weighted by Gasteiger charge is -2.28. The zero-order valence-corrected chi connectivity index (χ0v) is 13.3. The Bertz CT molecular complexity index is 505. The van der Waals surface area contributed by atoms with Gasteiger partial charge in [-0.2, -0.15) is 0 Å². The molecular weight excluding hydrogens is 280 g/mol. The lowest BCUT2D eigenvalue weighted by Crippen LogP contribution is -2.29. The largest absolute Gasteiger partial charge is 0.455 e. The highest BCUT2D eigenvalue weighted by molar-refractivity contribution is 5.93. The van der Waals surface area contributed by atoms with E-state index >= 15 is 0 Å². The quantitative estimate of drug-likeness (QED) is 0.850. The molecule has 22 heavy (non-hydrogen) atoms. The predicted molar refractivity (Wildman–Crippen MR) is 86.9 cm³/mol. The Morgan fingerprint density at radius 3 is 2.36 bits per heavy atom. The average molecular weight is 304 g/mol. The fourth-order valence-electron chi connectivity index (χ4n) is 2.41. The highest BCUT2D eigenvalue weighted by Gasteiger charge is 2.12. The average Bonchev–Trinajstić information content (AvgIpc) is 2.54. The number of ether oxygens (including phenoxy) is 1. The van der Waals surface area contributed by atoms with Crippen molar-refractivity contribution in [3.8, 4) is 0 Å². The molecule has 2 rings (SSSR count). The standard InChI is InChI=1S/C17H24N2O3/c1-13(2)17(21)22-12-16(20)18-14-6-8-15(9-7-14)19-10-4-3-5-11-19/h6-9,13H,3-5,10-12H2,1-2H3,(H,18,20). The molecule has 5 nitrogen and oxygen atoms in total. The third-order valence-corrected chi connectivity index (χ3v) is 3.69. The maximum Gasteiger partial charge on any atom is 0.308 e. The number of hydrogen-bond donors (Lipinski definition) is 1. The summed E-state index contributed by atoms with van der Waals surface area (Å²) in [7, 11) is 0. The highest BCUT2D eigenvalue weighted by Crippen LogP contribution is 2.21. The first-order valence-corrected chi connectivity index (χ1v) is 7.88. The monoisotopic (exact) mass is 304 g/mol. The molecule has 1 saturated heterocycles. The van der Waals surface area contributed by atoms with E-state index in [4.69, 9.17) is 4.74 Å². The predicted octanol–water partition coefficient (Wildman–Crippen LogP) is 2.81. The van der Waals surface area contributed by atoms with E-state index in [0.29, 0.717) is 5.69 Å². The number of hydrogen-bond acceptors (Lipinski definition) is 4. The van der Waals surface area contributed by atoms with Crippen molar-refractivity contribution in [3.63, 3.8) is 0 Å². The summed E-state index contributed by atoms with van der Waals surface area (Å²) in [5.74, 6) is -0.910. The van der Waals surface area contributed by atoms with E-state index in [1.807, 2.05) is 24.3 Å². The van der Waals surface area contributed by atoms with Gasteiger partial charge in [0.25, 0.3) is 5.91 Å². The summed E-state index contributed by atoms with van der Waals surface area (Å²) in [6.07, 6.45) is 3.78. The molecule has 1 N–H and O–H groups in total. The smallest absolute Gasteiger partial charge is 0.308 e. The van der Waals surface area contributed by atoms with Crippen LogP contribution in [-0.2, 0) is 14.3 Å². The Balaban J connectivity index is 1.82. The number of rotatable bonds is 5. The molecule has 1 aliphatic heterocycles. The number of esters is 1. The molecule has 1 aromatic carbocycles. The summed E-state index contributed by atoms with van der Waals surface area (Å²) in [5.41, 5.74) is 1.90. The Morgan fingerprint density at radius 2 is 1.77 bits per heavy atom. The van der Waals surface area contributed by atoms with E-state index < -0.39 is 0 Å². The third kappa shape index (κ3) is 4.76. The molecule has 5 heteroatoms. The molecule has 0 atom stereocenters. The number of nitrogens with zero attached hydrogens (tertiary/aromatic N) is 1. The third-order valence-electron chi connectivity index (χ3n) is 3.69. The molecule has 0 unspecified atom stereocenters. The number of piperidine rings is 1. The van der Waals surface area contributed by atoms with Gasteiger partial charge in [0, 0.05) is 24.5 Å². The van der Waals surface area contributed by atoms with Gasteiger partial charge in [-0.05, 0) is 43.5 Å². The molecule has 0 aliphatic carbocycles. The number of anilines is 2. The van der Waals surface area contributed by atoms with E-state index in [9.17, 15) is 9.59 Å². The Kier molecular flexibility index (Phi) is 5.81. The molecule has 1 aromatic rings. The maximum atomic E-state index is 11.7. The minimum atomic E-state index is -0.365. The molecule has 0 spiro atoms. The minimum Gasteiger partial charge on any atom is -0.455 e. The van der Waals surface area contributed by atoms with Gasteiger partial charge in [0.15, 0.2) is 6.61 Å². The van der Waals surface area contributed by atoms with Gasteiger partial charge in [-0.3, -0.25) is 9.59 Å². The van der Waals surface area contributed by atoms with Crippen LogP contribution in [0.5, 0.6) is 0 Å². The molecule has 0 saturated carbocycles. The van der Waals surface area contributed by atoms with Crippen molar-refractivity contribution in [2.45, 2.75) is 33.1 Å². The zero-order chi connectivity index (χ0) is 15.9. The summed E-state index contributed by atoms with van der Waals surface area (Å²) in [5, 5.41) is 2.73. The molecular formula is C17H24N2O3. The van der Waals surface area contributed by atoms with Crippen LogP contribution >= 0.6 is 0 Å². The second-order valence-electron chi connectivity index (χ2n) is 5.91. The van der Waals surface area contributed by atoms with Crippen molar-refractivity contribution < 1.29 is 14.3 Å². The normalized spacial score (nSPS) is 14.8. The van der Waals surface area contributed by atoms with Crippen molar-refractivity contribution in [1.29, 1.82) is 0 Å². The lowest BCUT2D eigenvalue weighted by molar-refractivity contribution is -0.150. The van der Waals surface area contributed by atoms with Crippen LogP contribution in [0.1, 0.15) is 33.1 Å². The molecule has 0 aromatic heterocycles. The maximum absolute atomic E-state index is 11.7. The molecule has 0 radical (unpaired) electrons. The van der Waals surface area contributed by atoms with Gasteiger partial charge in [-0.15, -0.1) is 0 Å². The van der Waals surface area contributed by atoms with E-state index in [1.54, 1.807) is 13.8 Å². The van der Waals surface area contributed by atoms with Crippen LogP contribution in [0.4, 0.5) is 11.4 Å². The number of carbonyl (C=O) groups excluding carboxylic acids is 2. The molecule has 120 valence electrons. The SMILES string of the molecule is CC(C)C(=O)OCC(=O)Nc1ccc(N2CCCCC2)cc1. The van der Waals surface area contributed by atoms with Crippen LogP contribution in [0.25, 0.3) is 0 Å². The fourth-order valence-corrected chi connectivity index (χ4v) is 2.41. The van der Waals surface area contributed by atoms with Gasteiger partial charge in [0.2, 0.25) is 0 Å². The molecule has 0 bridgehead atoms. The van der Waals surface area contributed by atoms with Crippen LogP contribution in [0.3, 0.4) is 0 Å². The minimum absolute atomic E-state index is 0.225. The van der Waals surface area contributed by atoms with Crippen molar-refractivity contribution in [1.82, 2.24) is 0 Å². The van der Waals surface area contributed by atoms with E-state index in [2.05, 4.69) is 10.2 Å². The van der Waals surface area contributed by atoms with E-state index in [-0.39, 0.29) is 24.4 Å². The Labute approximate surface area is 131 Å². The van der Waals surface area contributed by atoms with Crippen molar-refractivity contribution >= 4 is 23.3 Å². The molecule has 1 fully saturated rings. The van der Waals surface area contributed by atoms with Crippen LogP contribution in [0, 0.1) is 5.92 Å². The number of carbonyl (C=O) groups is 2. The lowest BCUT2D eigenvalue weighted by atomic mass is 10.1. The van der Waals surface area contributed by atoms with Gasteiger partial charge in [0.05, 0.1) is 5.92 Å². The number of amides is 1.